The number of piperazine rings is 1. The molecule has 3 rings (SSSR count). The molecule has 1 atom stereocenters. The highest BCUT2D eigenvalue weighted by atomic mass is 16.6. The van der Waals surface area contributed by atoms with Crippen molar-refractivity contribution in [3.8, 4) is 0 Å². The van der Waals surface area contributed by atoms with E-state index in [0.29, 0.717) is 45.9 Å². The molecule has 3 amide bonds. The molecule has 2 aliphatic rings. The first-order chi connectivity index (χ1) is 13.0. The van der Waals surface area contributed by atoms with Gasteiger partial charge < -0.3 is 19.4 Å². The average molecular weight is 373 g/mol. The van der Waals surface area contributed by atoms with E-state index < -0.39 is 0 Å². The van der Waals surface area contributed by atoms with Crippen LogP contribution in [0.2, 0.25) is 0 Å². The maximum Gasteiger partial charge on any atom is 0.409 e. The smallest absolute Gasteiger partial charge is 0.409 e. The molecule has 1 aromatic rings. The molecule has 2 aliphatic heterocycles. The van der Waals surface area contributed by atoms with Crippen LogP contribution < -0.4 is 0 Å². The predicted octanol–water partition coefficient (Wildman–Crippen LogP) is 1.64. The van der Waals surface area contributed by atoms with Gasteiger partial charge in [0.2, 0.25) is 11.8 Å². The van der Waals surface area contributed by atoms with Crippen molar-refractivity contribution in [1.82, 2.24) is 14.7 Å². The fourth-order valence-electron chi connectivity index (χ4n) is 3.70. The van der Waals surface area contributed by atoms with Gasteiger partial charge in [0.1, 0.15) is 0 Å². The summed E-state index contributed by atoms with van der Waals surface area (Å²) in [5.41, 5.74) is 2.24. The van der Waals surface area contributed by atoms with Crippen molar-refractivity contribution < 1.29 is 19.1 Å². The molecule has 1 unspecified atom stereocenters. The zero-order valence-corrected chi connectivity index (χ0v) is 16.0. The molecule has 2 saturated heterocycles. The number of aryl methyl sites for hydroxylation is 1. The Balaban J connectivity index is 1.53. The van der Waals surface area contributed by atoms with E-state index >= 15 is 0 Å². The lowest BCUT2D eigenvalue weighted by atomic mass is 10.1. The van der Waals surface area contributed by atoms with E-state index in [1.54, 1.807) is 21.6 Å². The Kier molecular flexibility index (Phi) is 5.98. The lowest BCUT2D eigenvalue weighted by molar-refractivity contribution is -0.137. The minimum absolute atomic E-state index is 0.0126. The van der Waals surface area contributed by atoms with Crippen molar-refractivity contribution >= 4 is 17.9 Å². The molecule has 146 valence electrons. The second kappa shape index (κ2) is 8.41. The highest BCUT2D eigenvalue weighted by molar-refractivity contribution is 5.89. The molecule has 0 radical (unpaired) electrons. The first kappa shape index (κ1) is 19.2. The third kappa shape index (κ3) is 4.59. The van der Waals surface area contributed by atoms with Crippen LogP contribution in [0.25, 0.3) is 0 Å². The van der Waals surface area contributed by atoms with Gasteiger partial charge in [0.05, 0.1) is 12.5 Å². The van der Waals surface area contributed by atoms with E-state index in [0.717, 1.165) is 11.1 Å². The van der Waals surface area contributed by atoms with Crippen LogP contribution in [-0.4, -0.2) is 71.9 Å². The molecule has 7 nitrogen and oxygen atoms in total. The van der Waals surface area contributed by atoms with Crippen LogP contribution >= 0.6 is 0 Å². The summed E-state index contributed by atoms with van der Waals surface area (Å²) >= 11 is 0. The number of carbonyl (C=O) groups excluding carboxylic acids is 3. The zero-order valence-electron chi connectivity index (χ0n) is 16.0. The van der Waals surface area contributed by atoms with E-state index in [9.17, 15) is 14.4 Å². The number of nitrogens with zero attached hydrogens (tertiary/aromatic N) is 3. The van der Waals surface area contributed by atoms with Gasteiger partial charge >= 0.3 is 6.09 Å². The van der Waals surface area contributed by atoms with Crippen molar-refractivity contribution in [3.63, 3.8) is 0 Å². The Labute approximate surface area is 159 Å². The fourth-order valence-corrected chi connectivity index (χ4v) is 3.70. The number of ether oxygens (including phenoxy) is 1. The highest BCUT2D eigenvalue weighted by Crippen LogP contribution is 2.23. The summed E-state index contributed by atoms with van der Waals surface area (Å²) in [5, 5.41) is 0. The third-order valence-electron chi connectivity index (χ3n) is 5.14. The monoisotopic (exact) mass is 373 g/mol. The topological polar surface area (TPSA) is 70.2 Å². The summed E-state index contributed by atoms with van der Waals surface area (Å²) in [5.74, 6) is -0.255. The standard InChI is InChI=1S/C20H27N3O4/c1-3-27-20(26)22-9-7-21(8-10-22)19(25)17-12-18(24)23(14-17)13-16-6-4-5-15(2)11-16/h4-6,11,17H,3,7-10,12-14H2,1-2H3. The van der Waals surface area contributed by atoms with Crippen molar-refractivity contribution in [2.45, 2.75) is 26.8 Å². The Hall–Kier alpha value is -2.57. The van der Waals surface area contributed by atoms with Gasteiger partial charge in [-0.15, -0.1) is 0 Å². The van der Waals surface area contributed by atoms with Gasteiger partial charge in [0.15, 0.2) is 0 Å². The average Bonchev–Trinajstić information content (AvgIpc) is 3.02. The molecule has 0 spiro atoms. The summed E-state index contributed by atoms with van der Waals surface area (Å²) < 4.78 is 5.00. The minimum Gasteiger partial charge on any atom is -0.450 e. The number of rotatable bonds is 4. The molecule has 0 aliphatic carbocycles. The molecule has 1 aromatic carbocycles. The van der Waals surface area contributed by atoms with E-state index in [2.05, 4.69) is 6.07 Å². The van der Waals surface area contributed by atoms with Gasteiger partial charge in [-0.05, 0) is 19.4 Å². The highest BCUT2D eigenvalue weighted by Gasteiger charge is 2.37. The number of amides is 3. The largest absolute Gasteiger partial charge is 0.450 e. The van der Waals surface area contributed by atoms with E-state index in [4.69, 9.17) is 4.74 Å². The minimum atomic E-state index is -0.329. The summed E-state index contributed by atoms with van der Waals surface area (Å²) in [7, 11) is 0. The Morgan fingerprint density at radius 1 is 1.15 bits per heavy atom. The van der Waals surface area contributed by atoms with Crippen LogP contribution in [0, 0.1) is 12.8 Å². The van der Waals surface area contributed by atoms with Gasteiger partial charge in [0, 0.05) is 45.7 Å². The Morgan fingerprint density at radius 3 is 2.52 bits per heavy atom. The molecule has 7 heteroatoms. The SMILES string of the molecule is CCOC(=O)N1CCN(C(=O)C2CC(=O)N(Cc3cccc(C)c3)C2)CC1. The van der Waals surface area contributed by atoms with Gasteiger partial charge in [-0.25, -0.2) is 4.79 Å². The maximum absolute atomic E-state index is 12.8. The third-order valence-corrected chi connectivity index (χ3v) is 5.14. The Morgan fingerprint density at radius 2 is 1.85 bits per heavy atom. The summed E-state index contributed by atoms with van der Waals surface area (Å²) in [6.07, 6.45) is -0.0621. The van der Waals surface area contributed by atoms with Crippen LogP contribution in [-0.2, 0) is 20.9 Å². The predicted molar refractivity (Wildman–Crippen MR) is 99.9 cm³/mol. The first-order valence-electron chi connectivity index (χ1n) is 9.51. The fraction of sp³-hybridized carbons (Fsp3) is 0.550. The number of hydrogen-bond acceptors (Lipinski definition) is 4. The lowest BCUT2D eigenvalue weighted by Crippen LogP contribution is -2.52. The second-order valence-electron chi connectivity index (χ2n) is 7.18. The van der Waals surface area contributed by atoms with Crippen molar-refractivity contribution in [1.29, 1.82) is 0 Å². The number of carbonyl (C=O) groups is 3. The molecule has 0 saturated carbocycles. The van der Waals surface area contributed by atoms with Crippen molar-refractivity contribution in [2.75, 3.05) is 39.3 Å². The van der Waals surface area contributed by atoms with E-state index in [1.807, 2.05) is 25.1 Å². The van der Waals surface area contributed by atoms with Crippen LogP contribution in [0.15, 0.2) is 24.3 Å². The molecule has 2 fully saturated rings. The van der Waals surface area contributed by atoms with Crippen LogP contribution in [0.3, 0.4) is 0 Å². The van der Waals surface area contributed by atoms with E-state index in [1.165, 1.54) is 0 Å². The van der Waals surface area contributed by atoms with Crippen LogP contribution in [0.5, 0.6) is 0 Å². The molecular weight excluding hydrogens is 346 g/mol. The maximum atomic E-state index is 12.8. The summed E-state index contributed by atoms with van der Waals surface area (Å²) in [6.45, 7) is 7.06. The molecule has 0 aromatic heterocycles. The van der Waals surface area contributed by atoms with E-state index in [-0.39, 0.29) is 30.2 Å². The zero-order chi connectivity index (χ0) is 19.4. The summed E-state index contributed by atoms with van der Waals surface area (Å²) in [6, 6.07) is 8.08. The second-order valence-corrected chi connectivity index (χ2v) is 7.18. The summed E-state index contributed by atoms with van der Waals surface area (Å²) in [4.78, 5) is 42.1. The van der Waals surface area contributed by atoms with Crippen molar-refractivity contribution in [2.24, 2.45) is 5.92 Å². The molecule has 0 N–H and O–H groups in total. The number of benzene rings is 1. The molecular formula is C20H27N3O4. The van der Waals surface area contributed by atoms with Crippen molar-refractivity contribution in [3.05, 3.63) is 35.4 Å². The molecule has 27 heavy (non-hydrogen) atoms. The van der Waals surface area contributed by atoms with Crippen LogP contribution in [0.4, 0.5) is 4.79 Å². The normalized spacial score (nSPS) is 20.1. The lowest BCUT2D eigenvalue weighted by Gasteiger charge is -2.35. The van der Waals surface area contributed by atoms with Gasteiger partial charge in [-0.1, -0.05) is 29.8 Å². The van der Waals surface area contributed by atoms with Gasteiger partial charge in [0.25, 0.3) is 0 Å². The number of hydrogen-bond donors (Lipinski definition) is 0. The molecule has 0 bridgehead atoms. The van der Waals surface area contributed by atoms with Crippen LogP contribution in [0.1, 0.15) is 24.5 Å². The first-order valence-corrected chi connectivity index (χ1v) is 9.51. The van der Waals surface area contributed by atoms with Gasteiger partial charge in [-0.2, -0.15) is 0 Å². The Bertz CT molecular complexity index is 713. The molecule has 2 heterocycles. The van der Waals surface area contributed by atoms with Gasteiger partial charge in [-0.3, -0.25) is 9.59 Å². The quantitative estimate of drug-likeness (QED) is 0.805. The number of likely N-dealkylation sites (tertiary alicyclic amines) is 1.